The van der Waals surface area contributed by atoms with E-state index in [1.54, 1.807) is 17.7 Å². The lowest BCUT2D eigenvalue weighted by atomic mass is 9.80. The Hall–Kier alpha value is -3.21. The monoisotopic (exact) mass is 340 g/mol. The van der Waals surface area contributed by atoms with Crippen molar-refractivity contribution in [1.82, 2.24) is 9.55 Å². The number of fused-ring (bicyclic) bond motifs is 1. The Labute approximate surface area is 143 Å². The van der Waals surface area contributed by atoms with E-state index in [4.69, 9.17) is 10.00 Å². The minimum absolute atomic E-state index is 0.161. The lowest BCUT2D eigenvalue weighted by molar-refractivity contribution is -0.386. The summed E-state index contributed by atoms with van der Waals surface area (Å²) in [7, 11) is 0. The number of nitriles is 1. The molecule has 1 aliphatic rings. The van der Waals surface area contributed by atoms with Gasteiger partial charge in [-0.05, 0) is 38.3 Å². The largest absolute Gasteiger partial charge is 0.464 e. The van der Waals surface area contributed by atoms with Gasteiger partial charge in [0.15, 0.2) is 5.54 Å². The molecule has 2 heterocycles. The molecule has 1 aromatic carbocycles. The van der Waals surface area contributed by atoms with Crippen molar-refractivity contribution >= 4 is 11.7 Å². The minimum Gasteiger partial charge on any atom is -0.464 e. The summed E-state index contributed by atoms with van der Waals surface area (Å²) in [5.74, 6) is -0.554. The molecule has 1 unspecified atom stereocenters. The number of nitrogens with zero attached hydrogens (tertiary/aromatic N) is 4. The normalized spacial score (nSPS) is 18.9. The molecule has 1 aliphatic heterocycles. The molecule has 8 nitrogen and oxygen atoms in total. The van der Waals surface area contributed by atoms with E-state index in [-0.39, 0.29) is 23.4 Å². The van der Waals surface area contributed by atoms with Crippen LogP contribution in [0.5, 0.6) is 0 Å². The highest BCUT2D eigenvalue weighted by Gasteiger charge is 2.49. The van der Waals surface area contributed by atoms with Crippen molar-refractivity contribution in [1.29, 1.82) is 5.26 Å². The highest BCUT2D eigenvalue weighted by Crippen LogP contribution is 2.42. The average molecular weight is 340 g/mol. The Bertz CT molecular complexity index is 883. The van der Waals surface area contributed by atoms with Gasteiger partial charge in [0.25, 0.3) is 5.69 Å². The fraction of sp³-hybridized carbons (Fsp3) is 0.353. The van der Waals surface area contributed by atoms with E-state index in [9.17, 15) is 14.9 Å². The molecule has 0 radical (unpaired) electrons. The number of aryl methyl sites for hydroxylation is 1. The number of nitro benzene ring substituents is 1. The zero-order valence-corrected chi connectivity index (χ0v) is 13.6. The standard InChI is InChI=1S/C17H16N4O4/c1-2-25-16(22)17(7-3-4-13-10-19-11-20(13)17)14-6-5-12(9-18)8-15(14)21(23)24/h5-6,8,10-11H,2-4,7H2,1H3. The number of aromatic nitrogens is 2. The third kappa shape index (κ3) is 2.54. The number of carbonyl (C=O) groups excluding carboxylic acids is 1. The molecule has 0 fully saturated rings. The Morgan fingerprint density at radius 2 is 2.36 bits per heavy atom. The van der Waals surface area contributed by atoms with Crippen LogP contribution in [0.15, 0.2) is 30.7 Å². The van der Waals surface area contributed by atoms with Gasteiger partial charge in [-0.15, -0.1) is 0 Å². The molecule has 0 spiro atoms. The van der Waals surface area contributed by atoms with Crippen molar-refractivity contribution < 1.29 is 14.5 Å². The average Bonchev–Trinajstić information content (AvgIpc) is 3.10. The number of esters is 1. The zero-order chi connectivity index (χ0) is 18.0. The molecule has 0 saturated carbocycles. The third-order valence-electron chi connectivity index (χ3n) is 4.48. The smallest absolute Gasteiger partial charge is 0.337 e. The van der Waals surface area contributed by atoms with Crippen LogP contribution in [0.2, 0.25) is 0 Å². The van der Waals surface area contributed by atoms with E-state index >= 15 is 0 Å². The number of hydrogen-bond donors (Lipinski definition) is 0. The Morgan fingerprint density at radius 1 is 1.56 bits per heavy atom. The van der Waals surface area contributed by atoms with Crippen LogP contribution in [0.1, 0.15) is 36.6 Å². The van der Waals surface area contributed by atoms with Gasteiger partial charge in [-0.1, -0.05) is 0 Å². The SMILES string of the molecule is CCOC(=O)C1(c2ccc(C#N)cc2[N+](=O)[O-])CCCc2cncn21. The van der Waals surface area contributed by atoms with E-state index in [1.165, 1.54) is 24.5 Å². The second kappa shape index (κ2) is 6.36. The topological polar surface area (TPSA) is 111 Å². The Kier molecular flexibility index (Phi) is 4.23. The number of nitro groups is 1. The molecule has 8 heteroatoms. The van der Waals surface area contributed by atoms with Gasteiger partial charge in [0.1, 0.15) is 0 Å². The van der Waals surface area contributed by atoms with Gasteiger partial charge < -0.3 is 9.30 Å². The van der Waals surface area contributed by atoms with Gasteiger partial charge in [-0.3, -0.25) is 10.1 Å². The van der Waals surface area contributed by atoms with Crippen molar-refractivity contribution in [2.45, 2.75) is 31.7 Å². The molecule has 0 bridgehead atoms. The summed E-state index contributed by atoms with van der Waals surface area (Å²) in [5.41, 5.74) is -0.423. The predicted octanol–water partition coefficient (Wildman–Crippen LogP) is 2.31. The van der Waals surface area contributed by atoms with Crippen molar-refractivity contribution in [3.8, 4) is 6.07 Å². The second-order valence-electron chi connectivity index (χ2n) is 5.79. The first-order chi connectivity index (χ1) is 12.0. The van der Waals surface area contributed by atoms with E-state index in [0.717, 1.165) is 12.1 Å². The van der Waals surface area contributed by atoms with Crippen molar-refractivity contribution in [2.75, 3.05) is 6.61 Å². The molecule has 1 aromatic heterocycles. The first-order valence-electron chi connectivity index (χ1n) is 7.92. The van der Waals surface area contributed by atoms with E-state index in [1.807, 2.05) is 6.07 Å². The minimum atomic E-state index is -1.35. The first kappa shape index (κ1) is 16.6. The van der Waals surface area contributed by atoms with Crippen molar-refractivity contribution in [2.24, 2.45) is 0 Å². The molecule has 3 rings (SSSR count). The van der Waals surface area contributed by atoms with Crippen LogP contribution < -0.4 is 0 Å². The second-order valence-corrected chi connectivity index (χ2v) is 5.79. The maximum atomic E-state index is 13.0. The number of benzene rings is 1. The van der Waals surface area contributed by atoms with Crippen LogP contribution in [-0.2, 0) is 21.5 Å². The van der Waals surface area contributed by atoms with Crippen LogP contribution in [0.3, 0.4) is 0 Å². The molecule has 2 aromatic rings. The van der Waals surface area contributed by atoms with Crippen LogP contribution >= 0.6 is 0 Å². The van der Waals surface area contributed by atoms with Crippen molar-refractivity contribution in [3.05, 3.63) is 57.7 Å². The van der Waals surface area contributed by atoms with Gasteiger partial charge in [0.05, 0.1) is 35.1 Å². The molecule has 25 heavy (non-hydrogen) atoms. The molecular formula is C17H16N4O4. The number of ether oxygens (including phenoxy) is 1. The van der Waals surface area contributed by atoms with E-state index in [2.05, 4.69) is 4.98 Å². The summed E-state index contributed by atoms with van der Waals surface area (Å²) in [4.78, 5) is 28.1. The third-order valence-corrected chi connectivity index (χ3v) is 4.48. The Balaban J connectivity index is 2.31. The first-order valence-corrected chi connectivity index (χ1v) is 7.92. The summed E-state index contributed by atoms with van der Waals surface area (Å²) in [6, 6.07) is 6.05. The van der Waals surface area contributed by atoms with Gasteiger partial charge in [0, 0.05) is 18.0 Å². The predicted molar refractivity (Wildman–Crippen MR) is 86.7 cm³/mol. The van der Waals surface area contributed by atoms with Gasteiger partial charge >= 0.3 is 5.97 Å². The van der Waals surface area contributed by atoms with E-state index in [0.29, 0.717) is 12.8 Å². The fourth-order valence-corrected chi connectivity index (χ4v) is 3.42. The summed E-state index contributed by atoms with van der Waals surface area (Å²) >= 11 is 0. The number of rotatable bonds is 4. The molecule has 0 saturated heterocycles. The van der Waals surface area contributed by atoms with Gasteiger partial charge in [-0.25, -0.2) is 9.78 Å². The molecule has 0 N–H and O–H groups in total. The summed E-state index contributed by atoms with van der Waals surface area (Å²) in [6.07, 6.45) is 4.92. The summed E-state index contributed by atoms with van der Waals surface area (Å²) < 4.78 is 6.95. The summed E-state index contributed by atoms with van der Waals surface area (Å²) in [6.45, 7) is 1.85. The zero-order valence-electron chi connectivity index (χ0n) is 13.6. The lowest BCUT2D eigenvalue weighted by Gasteiger charge is -2.37. The molecule has 128 valence electrons. The maximum absolute atomic E-state index is 13.0. The van der Waals surface area contributed by atoms with Gasteiger partial charge in [-0.2, -0.15) is 5.26 Å². The van der Waals surface area contributed by atoms with E-state index < -0.39 is 16.4 Å². The van der Waals surface area contributed by atoms with Crippen LogP contribution in [-0.4, -0.2) is 27.1 Å². The molecule has 0 aliphatic carbocycles. The molecule has 0 amide bonds. The van der Waals surface area contributed by atoms with Gasteiger partial charge in [0.2, 0.25) is 0 Å². The van der Waals surface area contributed by atoms with Crippen LogP contribution in [0.4, 0.5) is 5.69 Å². The number of imidazole rings is 1. The summed E-state index contributed by atoms with van der Waals surface area (Å²) in [5, 5.41) is 20.7. The highest BCUT2D eigenvalue weighted by atomic mass is 16.6. The molecule has 1 atom stereocenters. The molecular weight excluding hydrogens is 324 g/mol. The van der Waals surface area contributed by atoms with Crippen LogP contribution in [0, 0.1) is 21.4 Å². The lowest BCUT2D eigenvalue weighted by Crippen LogP contribution is -2.47. The quantitative estimate of drug-likeness (QED) is 0.480. The van der Waals surface area contributed by atoms with Crippen LogP contribution in [0.25, 0.3) is 0 Å². The number of hydrogen-bond acceptors (Lipinski definition) is 6. The maximum Gasteiger partial charge on any atom is 0.337 e. The Morgan fingerprint density at radius 3 is 3.04 bits per heavy atom. The fourth-order valence-electron chi connectivity index (χ4n) is 3.42. The highest BCUT2D eigenvalue weighted by molar-refractivity contribution is 5.85. The van der Waals surface area contributed by atoms with Crippen molar-refractivity contribution in [3.63, 3.8) is 0 Å². The number of carbonyl (C=O) groups is 1.